The monoisotopic (exact) mass is 975 g/mol. The summed E-state index contributed by atoms with van der Waals surface area (Å²) in [6.45, 7) is 21.6. The molecule has 0 saturated heterocycles. The summed E-state index contributed by atoms with van der Waals surface area (Å²) in [6, 6.07) is 0. The lowest BCUT2D eigenvalue weighted by Gasteiger charge is -2.75. The number of nitrogens with two attached hydrogens (primary N) is 2. The third-order valence-corrected chi connectivity index (χ3v) is 19.7. The summed E-state index contributed by atoms with van der Waals surface area (Å²) < 4.78 is 11.5. The number of hydrogen-bond donors (Lipinski definition) is 3. The Balaban J connectivity index is 1.18. The Labute approximate surface area is 380 Å². The number of hydrogen-bond acceptors (Lipinski definition) is 11. The van der Waals surface area contributed by atoms with Gasteiger partial charge < -0.3 is 26.3 Å². The second-order valence-corrected chi connectivity index (χ2v) is 25.0. The minimum atomic E-state index is -1.34. The molecule has 1 heterocycles. The fraction of sp³-hybridized carbons (Fsp3) is 0.766. The number of esters is 2. The number of amides is 1. The molecule has 0 bridgehead atoms. The number of allylic oxidation sites excluding steroid dienone is 1. The van der Waals surface area contributed by atoms with Crippen LogP contribution in [0.4, 0.5) is 0 Å². The van der Waals surface area contributed by atoms with Crippen molar-refractivity contribution in [2.75, 3.05) is 0 Å². The molecule has 6 aliphatic rings. The van der Waals surface area contributed by atoms with E-state index in [2.05, 4.69) is 65.6 Å². The number of alkyl halides is 1. The van der Waals surface area contributed by atoms with Gasteiger partial charge in [0.05, 0.1) is 22.3 Å². The van der Waals surface area contributed by atoms with Crippen molar-refractivity contribution in [3.05, 3.63) is 34.4 Å². The summed E-state index contributed by atoms with van der Waals surface area (Å²) in [4.78, 5) is 78.8. The standard InChI is InChI=1S/C47H67ClIN5O7/c1-26(2)32-28(55)22-43(34(57)35(58)54-44(18-19-44)36-52-24-27(48)25-53-36)17-16-42(11)45(49)20-21-47(51)40(8,9)30(60-31(56)23-39(6,7)37(59)61-38(3,4)5)13-14-41(47,10)29(45)12-15-46(42,50)33(32)43/h24-26,29-30H,12-23,50-51H2,1-11H3,(H,54,58)/t29-,30+,41-,42+,43-,45+,46+,47-/m1/s1. The van der Waals surface area contributed by atoms with E-state index in [4.69, 9.17) is 32.5 Å². The van der Waals surface area contributed by atoms with Crippen LogP contribution in [0.5, 0.6) is 0 Å². The van der Waals surface area contributed by atoms with Gasteiger partial charge in [0, 0.05) is 44.1 Å². The van der Waals surface area contributed by atoms with Crippen LogP contribution in [0, 0.1) is 38.9 Å². The van der Waals surface area contributed by atoms with Gasteiger partial charge in [-0.25, -0.2) is 9.97 Å². The number of aromatic nitrogens is 2. The predicted octanol–water partition coefficient (Wildman–Crippen LogP) is 7.79. The molecule has 0 radical (unpaired) electrons. The fourth-order valence-electron chi connectivity index (χ4n) is 13.2. The summed E-state index contributed by atoms with van der Waals surface area (Å²) in [5.74, 6) is -2.01. The number of rotatable bonds is 9. The van der Waals surface area contributed by atoms with E-state index in [1.54, 1.807) is 34.6 Å². The summed E-state index contributed by atoms with van der Waals surface area (Å²) in [7, 11) is 0. The van der Waals surface area contributed by atoms with E-state index < -0.39 is 73.6 Å². The van der Waals surface area contributed by atoms with Gasteiger partial charge in [0.2, 0.25) is 5.78 Å². The topological polar surface area (TPSA) is 194 Å². The van der Waals surface area contributed by atoms with Crippen molar-refractivity contribution >= 4 is 63.6 Å². The molecule has 0 aliphatic heterocycles. The molecule has 0 spiro atoms. The largest absolute Gasteiger partial charge is 0.462 e. The van der Waals surface area contributed by atoms with Crippen molar-refractivity contribution < 1.29 is 33.4 Å². The second-order valence-electron chi connectivity index (χ2n) is 22.7. The highest BCUT2D eigenvalue weighted by molar-refractivity contribution is 14.1. The van der Waals surface area contributed by atoms with Gasteiger partial charge in [-0.1, -0.05) is 75.7 Å². The van der Waals surface area contributed by atoms with Crippen molar-refractivity contribution in [1.82, 2.24) is 15.3 Å². The predicted molar refractivity (Wildman–Crippen MR) is 240 cm³/mol. The van der Waals surface area contributed by atoms with Gasteiger partial charge in [0.25, 0.3) is 5.91 Å². The normalized spacial score (nSPS) is 37.5. The Morgan fingerprint density at radius 1 is 0.918 bits per heavy atom. The van der Waals surface area contributed by atoms with Crippen molar-refractivity contribution in [2.45, 2.75) is 185 Å². The van der Waals surface area contributed by atoms with Gasteiger partial charge in [-0.05, 0) is 127 Å². The highest BCUT2D eigenvalue weighted by Crippen LogP contribution is 2.77. The molecule has 0 aromatic carbocycles. The number of halogens is 2. The number of carbonyl (C=O) groups is 5. The van der Waals surface area contributed by atoms with Gasteiger partial charge in [0.1, 0.15) is 17.2 Å². The lowest BCUT2D eigenvalue weighted by Crippen LogP contribution is -2.81. The molecule has 14 heteroatoms. The Morgan fingerprint density at radius 2 is 1.54 bits per heavy atom. The lowest BCUT2D eigenvalue weighted by molar-refractivity contribution is -0.206. The van der Waals surface area contributed by atoms with Gasteiger partial charge in [0.15, 0.2) is 11.6 Å². The maximum Gasteiger partial charge on any atom is 0.312 e. The number of carbonyl (C=O) groups excluding carboxylic acids is 5. The van der Waals surface area contributed by atoms with Crippen molar-refractivity contribution in [2.24, 2.45) is 50.4 Å². The van der Waals surface area contributed by atoms with Gasteiger partial charge in [-0.3, -0.25) is 24.0 Å². The van der Waals surface area contributed by atoms with E-state index >= 15 is 0 Å². The number of fused-ring (bicyclic) bond motifs is 7. The van der Waals surface area contributed by atoms with Crippen LogP contribution in [0.1, 0.15) is 159 Å². The van der Waals surface area contributed by atoms with Crippen molar-refractivity contribution in [1.29, 1.82) is 0 Å². The number of ether oxygens (including phenoxy) is 2. The summed E-state index contributed by atoms with van der Waals surface area (Å²) in [5.41, 5.74) is 9.75. The average Bonchev–Trinajstić information content (AvgIpc) is 3.85. The maximum atomic E-state index is 14.9. The molecule has 1 amide bonds. The Hall–Kier alpha value is -2.49. The smallest absolute Gasteiger partial charge is 0.312 e. The minimum Gasteiger partial charge on any atom is -0.462 e. The van der Waals surface area contributed by atoms with Crippen LogP contribution in [0.25, 0.3) is 0 Å². The second kappa shape index (κ2) is 14.5. The summed E-state index contributed by atoms with van der Waals surface area (Å²) in [5, 5.41) is 3.38. The first kappa shape index (κ1) is 46.5. The zero-order valence-electron chi connectivity index (χ0n) is 38.0. The van der Waals surface area contributed by atoms with E-state index in [0.29, 0.717) is 73.4 Å². The van der Waals surface area contributed by atoms with Crippen LogP contribution >= 0.6 is 34.2 Å². The molecule has 1 aromatic rings. The third kappa shape index (κ3) is 6.71. The van der Waals surface area contributed by atoms with E-state index in [-0.39, 0.29) is 39.3 Å². The summed E-state index contributed by atoms with van der Waals surface area (Å²) >= 11 is 8.75. The highest BCUT2D eigenvalue weighted by atomic mass is 127. The first-order valence-electron chi connectivity index (χ1n) is 22.2. The van der Waals surface area contributed by atoms with Gasteiger partial charge >= 0.3 is 11.9 Å². The quantitative estimate of drug-likeness (QED) is 0.0947. The van der Waals surface area contributed by atoms with Crippen LogP contribution in [-0.2, 0) is 39.0 Å². The molecular formula is C47H67ClIN5O7. The van der Waals surface area contributed by atoms with Crippen molar-refractivity contribution in [3.63, 3.8) is 0 Å². The molecule has 6 aliphatic carbocycles. The van der Waals surface area contributed by atoms with E-state index in [0.717, 1.165) is 12.8 Å². The summed E-state index contributed by atoms with van der Waals surface area (Å²) in [6.07, 6.45) is 8.36. The fourth-order valence-corrected chi connectivity index (χ4v) is 15.3. The van der Waals surface area contributed by atoms with E-state index in [1.165, 1.54) is 12.4 Å². The van der Waals surface area contributed by atoms with Crippen LogP contribution in [-0.4, -0.2) is 65.6 Å². The molecule has 5 saturated carbocycles. The number of Topliss-reactive ketones (excluding diaryl/α,β-unsaturated/α-hetero) is 2. The molecule has 61 heavy (non-hydrogen) atoms. The average molecular weight is 976 g/mol. The minimum absolute atomic E-state index is 0.0634. The van der Waals surface area contributed by atoms with Crippen LogP contribution < -0.4 is 16.8 Å². The van der Waals surface area contributed by atoms with Gasteiger partial charge in [-0.15, -0.1) is 0 Å². The molecule has 336 valence electrons. The number of nitrogens with zero attached hydrogens (tertiary/aromatic N) is 2. The zero-order chi connectivity index (χ0) is 45.4. The van der Waals surface area contributed by atoms with E-state index in [1.807, 2.05) is 13.8 Å². The first-order valence-corrected chi connectivity index (χ1v) is 23.7. The Kier molecular flexibility index (Phi) is 11.1. The molecule has 8 atom stereocenters. The SMILES string of the molecule is CC(C)C1=C2[C@@](C(=O)C(=O)NC3(c4ncc(Cl)cn4)CC3)(CC[C@]3(C)[C@]2(N)CC[C@@H]2[C@@]4(C)CC[C@H](OC(=O)CC(C)(C)C(=O)OC(C)(C)C)C(C)(C)[C@]4(N)CC[C@]23I)CC1=O. The molecular weight excluding hydrogens is 909 g/mol. The van der Waals surface area contributed by atoms with Crippen molar-refractivity contribution in [3.8, 4) is 0 Å². The lowest BCUT2D eigenvalue weighted by atomic mass is 9.34. The number of nitrogens with one attached hydrogen (secondary N) is 1. The van der Waals surface area contributed by atoms with E-state index in [9.17, 15) is 24.0 Å². The molecule has 5 fully saturated rings. The van der Waals surface area contributed by atoms with Crippen LogP contribution in [0.3, 0.4) is 0 Å². The Bertz CT molecular complexity index is 2090. The molecule has 0 unspecified atom stereocenters. The molecule has 7 rings (SSSR count). The molecule has 5 N–H and O–H groups in total. The highest BCUT2D eigenvalue weighted by Gasteiger charge is 2.78. The van der Waals surface area contributed by atoms with Crippen LogP contribution in [0.15, 0.2) is 23.5 Å². The molecule has 1 aromatic heterocycles. The molecule has 12 nitrogen and oxygen atoms in total. The maximum absolute atomic E-state index is 14.9. The zero-order valence-corrected chi connectivity index (χ0v) is 40.9. The first-order chi connectivity index (χ1) is 27.9. The Morgan fingerprint density at radius 3 is 2.11 bits per heavy atom. The number of ketones is 2. The van der Waals surface area contributed by atoms with Gasteiger partial charge in [-0.2, -0.15) is 0 Å². The third-order valence-electron chi connectivity index (χ3n) is 17.0. The van der Waals surface area contributed by atoms with Crippen LogP contribution in [0.2, 0.25) is 5.02 Å².